The second-order valence-electron chi connectivity index (χ2n) is 4.39. The van der Waals surface area contributed by atoms with Crippen LogP contribution in [0, 0.1) is 0 Å². The van der Waals surface area contributed by atoms with Crippen molar-refractivity contribution in [1.82, 2.24) is 0 Å². The largest absolute Gasteiger partial charge is 0.466 e. The summed E-state index contributed by atoms with van der Waals surface area (Å²) < 4.78 is 26.8. The third-order valence-electron chi connectivity index (χ3n) is 1.93. The average molecular weight is 250 g/mol. The number of Topliss-reactive ketones (excluding diaryl/α,β-unsaturated/α-hetero) is 1. The van der Waals surface area contributed by atoms with Crippen LogP contribution in [0.25, 0.3) is 0 Å². The summed E-state index contributed by atoms with van der Waals surface area (Å²) in [6, 6.07) is 0. The molecule has 0 N–H and O–H groups in total. The topological polar surface area (TPSA) is 77.5 Å². The minimum Gasteiger partial charge on any atom is -0.466 e. The van der Waals surface area contributed by atoms with Gasteiger partial charge in [-0.15, -0.1) is 0 Å². The van der Waals surface area contributed by atoms with Crippen molar-refractivity contribution in [3.8, 4) is 0 Å². The Hall–Kier alpha value is -0.910. The number of hydrogen-bond acceptors (Lipinski definition) is 5. The third-order valence-corrected chi connectivity index (χ3v) is 4.50. The summed E-state index contributed by atoms with van der Waals surface area (Å²) >= 11 is 0. The summed E-state index contributed by atoms with van der Waals surface area (Å²) in [5.74, 6) is -1.93. The third kappa shape index (κ3) is 4.74. The van der Waals surface area contributed by atoms with E-state index in [9.17, 15) is 18.0 Å². The molecule has 0 aliphatic rings. The fraction of sp³-hybridized carbons (Fsp3) is 0.800. The van der Waals surface area contributed by atoms with Crippen LogP contribution in [0.15, 0.2) is 0 Å². The molecule has 0 unspecified atom stereocenters. The molecule has 0 amide bonds. The molecule has 0 aliphatic carbocycles. The number of esters is 1. The first-order valence-corrected chi connectivity index (χ1v) is 6.65. The first kappa shape index (κ1) is 15.1. The van der Waals surface area contributed by atoms with Gasteiger partial charge in [-0.2, -0.15) is 0 Å². The Kier molecular flexibility index (Phi) is 5.12. The van der Waals surface area contributed by atoms with E-state index in [0.717, 1.165) is 0 Å². The Morgan fingerprint density at radius 2 is 1.69 bits per heavy atom. The predicted molar refractivity (Wildman–Crippen MR) is 59.8 cm³/mol. The highest BCUT2D eigenvalue weighted by Crippen LogP contribution is 2.16. The molecule has 0 radical (unpaired) electrons. The molecule has 0 atom stereocenters. The minimum absolute atomic E-state index is 0.179. The Morgan fingerprint density at radius 1 is 1.19 bits per heavy atom. The van der Waals surface area contributed by atoms with Crippen LogP contribution >= 0.6 is 0 Å². The molecule has 0 aromatic carbocycles. The number of rotatable bonds is 5. The maximum Gasteiger partial charge on any atom is 0.313 e. The van der Waals surface area contributed by atoms with E-state index in [0.29, 0.717) is 0 Å². The zero-order chi connectivity index (χ0) is 13.0. The van der Waals surface area contributed by atoms with Crippen LogP contribution in [0.4, 0.5) is 0 Å². The molecule has 0 fully saturated rings. The summed E-state index contributed by atoms with van der Waals surface area (Å²) in [6.45, 7) is 6.34. The van der Waals surface area contributed by atoms with Gasteiger partial charge in [-0.1, -0.05) is 0 Å². The molecule has 5 nitrogen and oxygen atoms in total. The van der Waals surface area contributed by atoms with Crippen LogP contribution in [-0.4, -0.2) is 37.3 Å². The van der Waals surface area contributed by atoms with Gasteiger partial charge < -0.3 is 4.74 Å². The van der Waals surface area contributed by atoms with Crippen LogP contribution < -0.4 is 0 Å². The molecule has 0 rings (SSSR count). The van der Waals surface area contributed by atoms with E-state index in [-0.39, 0.29) is 6.61 Å². The maximum absolute atomic E-state index is 11.6. The first-order valence-electron chi connectivity index (χ1n) is 4.99. The van der Waals surface area contributed by atoms with Crippen LogP contribution in [-0.2, 0) is 24.2 Å². The smallest absolute Gasteiger partial charge is 0.313 e. The van der Waals surface area contributed by atoms with Crippen molar-refractivity contribution < 1.29 is 22.7 Å². The SMILES string of the molecule is CCOC(=O)CC(=O)CS(=O)(=O)C(C)(C)C. The van der Waals surface area contributed by atoms with E-state index in [1.54, 1.807) is 6.92 Å². The Labute approximate surface area is 96.1 Å². The molecular formula is C10H18O5S. The Morgan fingerprint density at radius 3 is 2.06 bits per heavy atom. The van der Waals surface area contributed by atoms with Crippen molar-refractivity contribution in [3.63, 3.8) is 0 Å². The number of ketones is 1. The molecule has 6 heteroatoms. The van der Waals surface area contributed by atoms with Crippen molar-refractivity contribution >= 4 is 21.6 Å². The molecule has 0 heterocycles. The van der Waals surface area contributed by atoms with E-state index in [4.69, 9.17) is 0 Å². The number of carbonyl (C=O) groups is 2. The monoisotopic (exact) mass is 250 g/mol. The van der Waals surface area contributed by atoms with Crippen molar-refractivity contribution in [2.45, 2.75) is 38.9 Å². The van der Waals surface area contributed by atoms with Crippen LogP contribution in [0.3, 0.4) is 0 Å². The zero-order valence-corrected chi connectivity index (χ0v) is 10.9. The highest BCUT2D eigenvalue weighted by atomic mass is 32.2. The second kappa shape index (κ2) is 5.43. The van der Waals surface area contributed by atoms with E-state index >= 15 is 0 Å². The summed E-state index contributed by atoms with van der Waals surface area (Å²) in [6.07, 6.45) is -0.483. The van der Waals surface area contributed by atoms with Gasteiger partial charge >= 0.3 is 5.97 Å². The lowest BCUT2D eigenvalue weighted by atomic mass is 10.3. The van der Waals surface area contributed by atoms with E-state index in [1.807, 2.05) is 0 Å². The lowest BCUT2D eigenvalue weighted by molar-refractivity contribution is -0.145. The molecule has 94 valence electrons. The van der Waals surface area contributed by atoms with Crippen LogP contribution in [0.1, 0.15) is 34.1 Å². The predicted octanol–water partition coefficient (Wildman–Crippen LogP) is 0.722. The van der Waals surface area contributed by atoms with Crippen molar-refractivity contribution in [2.24, 2.45) is 0 Å². The normalized spacial score (nSPS) is 12.2. The van der Waals surface area contributed by atoms with Gasteiger partial charge in [-0.3, -0.25) is 9.59 Å². The van der Waals surface area contributed by atoms with Gasteiger partial charge in [0.1, 0.15) is 12.2 Å². The van der Waals surface area contributed by atoms with Crippen molar-refractivity contribution in [1.29, 1.82) is 0 Å². The standard InChI is InChI=1S/C10H18O5S/c1-5-15-9(12)6-8(11)7-16(13,14)10(2,3)4/h5-7H2,1-4H3. The van der Waals surface area contributed by atoms with Crippen LogP contribution in [0.2, 0.25) is 0 Å². The molecule has 0 aromatic heterocycles. The Bertz CT molecular complexity index is 361. The van der Waals surface area contributed by atoms with Gasteiger partial charge in [0.05, 0.1) is 11.4 Å². The molecule has 0 bridgehead atoms. The first-order chi connectivity index (χ1) is 7.10. The van der Waals surface area contributed by atoms with Gasteiger partial charge in [-0.25, -0.2) is 8.42 Å². The lowest BCUT2D eigenvalue weighted by Gasteiger charge is -2.18. The summed E-state index contributed by atoms with van der Waals surface area (Å²) in [7, 11) is -3.51. The number of carbonyl (C=O) groups excluding carboxylic acids is 2. The van der Waals surface area contributed by atoms with E-state index in [2.05, 4.69) is 4.74 Å². The molecule has 0 aromatic rings. The molecule has 16 heavy (non-hydrogen) atoms. The summed E-state index contributed by atoms with van der Waals surface area (Å²) in [5, 5.41) is 0. The molecule has 0 saturated heterocycles. The van der Waals surface area contributed by atoms with E-state index < -0.39 is 38.5 Å². The zero-order valence-electron chi connectivity index (χ0n) is 10.1. The van der Waals surface area contributed by atoms with Crippen molar-refractivity contribution in [3.05, 3.63) is 0 Å². The maximum atomic E-state index is 11.6. The quantitative estimate of drug-likeness (QED) is 0.531. The highest BCUT2D eigenvalue weighted by molar-refractivity contribution is 7.93. The fourth-order valence-corrected chi connectivity index (χ4v) is 1.81. The molecular weight excluding hydrogens is 232 g/mol. The highest BCUT2D eigenvalue weighted by Gasteiger charge is 2.31. The average Bonchev–Trinajstić information content (AvgIpc) is 1.99. The Balaban J connectivity index is 4.43. The summed E-state index contributed by atoms with van der Waals surface area (Å²) in [4.78, 5) is 22.3. The van der Waals surface area contributed by atoms with Gasteiger partial charge in [0, 0.05) is 0 Å². The van der Waals surface area contributed by atoms with Crippen LogP contribution in [0.5, 0.6) is 0 Å². The van der Waals surface area contributed by atoms with Gasteiger partial charge in [0.15, 0.2) is 15.6 Å². The molecule has 0 spiro atoms. The number of sulfone groups is 1. The number of hydrogen-bond donors (Lipinski definition) is 0. The van der Waals surface area contributed by atoms with Crippen molar-refractivity contribution in [2.75, 3.05) is 12.4 Å². The fourth-order valence-electron chi connectivity index (χ4n) is 0.852. The minimum atomic E-state index is -3.51. The lowest BCUT2D eigenvalue weighted by Crippen LogP contribution is -2.34. The molecule has 0 aliphatic heterocycles. The number of ether oxygens (including phenoxy) is 1. The van der Waals surface area contributed by atoms with Gasteiger partial charge in [0.2, 0.25) is 0 Å². The summed E-state index contributed by atoms with van der Waals surface area (Å²) in [5.41, 5.74) is 0. The second-order valence-corrected chi connectivity index (χ2v) is 7.13. The molecule has 0 saturated carbocycles. The van der Waals surface area contributed by atoms with Gasteiger partial charge in [-0.05, 0) is 27.7 Å². The van der Waals surface area contributed by atoms with E-state index in [1.165, 1.54) is 20.8 Å². The van der Waals surface area contributed by atoms with Gasteiger partial charge in [0.25, 0.3) is 0 Å².